The van der Waals surface area contributed by atoms with Gasteiger partial charge in [-0.15, -0.1) is 11.3 Å². The molecule has 1 fully saturated rings. The van der Waals surface area contributed by atoms with Gasteiger partial charge >= 0.3 is 0 Å². The number of carbonyl (C=O) groups is 1. The van der Waals surface area contributed by atoms with Gasteiger partial charge in [0.1, 0.15) is 5.82 Å². The number of aromatic nitrogens is 3. The molecule has 1 atom stereocenters. The van der Waals surface area contributed by atoms with Gasteiger partial charge in [0.15, 0.2) is 0 Å². The molecule has 3 aromatic rings. The number of amides is 1. The van der Waals surface area contributed by atoms with Crippen LogP contribution in [0.1, 0.15) is 41.4 Å². The van der Waals surface area contributed by atoms with Crippen LogP contribution in [0.5, 0.6) is 0 Å². The normalized spacial score (nSPS) is 17.2. The van der Waals surface area contributed by atoms with Crippen molar-refractivity contribution in [1.29, 1.82) is 0 Å². The van der Waals surface area contributed by atoms with Gasteiger partial charge in [0, 0.05) is 36.8 Å². The molecule has 1 unspecified atom stereocenters. The summed E-state index contributed by atoms with van der Waals surface area (Å²) in [5, 5.41) is 2.07. The zero-order chi connectivity index (χ0) is 18.6. The van der Waals surface area contributed by atoms with Crippen molar-refractivity contribution in [3.63, 3.8) is 0 Å². The molecule has 2 aromatic heterocycles. The van der Waals surface area contributed by atoms with Crippen molar-refractivity contribution in [3.05, 3.63) is 70.2 Å². The number of thiazole rings is 1. The SMILES string of the molecule is Cc1ccccc1CC(=O)N1CCCC(c2nccn2Cc2cscn2)C1. The topological polar surface area (TPSA) is 51.0 Å². The van der Waals surface area contributed by atoms with E-state index in [1.165, 1.54) is 5.56 Å². The summed E-state index contributed by atoms with van der Waals surface area (Å²) >= 11 is 1.61. The molecule has 1 saturated heterocycles. The number of rotatable bonds is 5. The van der Waals surface area contributed by atoms with Crippen molar-refractivity contribution in [2.24, 2.45) is 0 Å². The van der Waals surface area contributed by atoms with Crippen LogP contribution in [0.25, 0.3) is 0 Å². The molecule has 0 aliphatic carbocycles. The summed E-state index contributed by atoms with van der Waals surface area (Å²) < 4.78 is 2.18. The Morgan fingerprint density at radius 2 is 2.19 bits per heavy atom. The smallest absolute Gasteiger partial charge is 0.227 e. The number of nitrogens with zero attached hydrogens (tertiary/aromatic N) is 4. The Morgan fingerprint density at radius 1 is 1.30 bits per heavy atom. The maximum atomic E-state index is 12.9. The molecule has 0 spiro atoms. The molecule has 27 heavy (non-hydrogen) atoms. The first-order valence-electron chi connectivity index (χ1n) is 9.41. The Bertz CT molecular complexity index is 903. The first-order chi connectivity index (χ1) is 13.2. The van der Waals surface area contributed by atoms with Crippen molar-refractivity contribution >= 4 is 17.2 Å². The lowest BCUT2D eigenvalue weighted by atomic mass is 9.96. The highest BCUT2D eigenvalue weighted by Gasteiger charge is 2.27. The van der Waals surface area contributed by atoms with E-state index in [4.69, 9.17) is 0 Å². The van der Waals surface area contributed by atoms with E-state index < -0.39 is 0 Å². The fourth-order valence-electron chi connectivity index (χ4n) is 3.80. The molecule has 0 saturated carbocycles. The molecular weight excluding hydrogens is 356 g/mol. The second-order valence-electron chi connectivity index (χ2n) is 7.18. The van der Waals surface area contributed by atoms with Crippen molar-refractivity contribution in [3.8, 4) is 0 Å². The van der Waals surface area contributed by atoms with E-state index >= 15 is 0 Å². The Morgan fingerprint density at radius 3 is 3.00 bits per heavy atom. The van der Waals surface area contributed by atoms with Gasteiger partial charge in [0.2, 0.25) is 5.91 Å². The standard InChI is InChI=1S/C21H24N4OS/c1-16-5-2-3-6-17(16)11-20(26)24-9-4-7-18(12-24)21-22-8-10-25(21)13-19-14-27-15-23-19/h2-3,5-6,8,10,14-15,18H,4,7,9,11-13H2,1H3. The number of hydrogen-bond acceptors (Lipinski definition) is 4. The lowest BCUT2D eigenvalue weighted by Gasteiger charge is -2.33. The third kappa shape index (κ3) is 4.11. The van der Waals surface area contributed by atoms with E-state index in [9.17, 15) is 4.79 Å². The quantitative estimate of drug-likeness (QED) is 0.679. The van der Waals surface area contributed by atoms with Gasteiger partial charge in [0.05, 0.1) is 24.2 Å². The van der Waals surface area contributed by atoms with Crippen LogP contribution in [0.15, 0.2) is 47.5 Å². The van der Waals surface area contributed by atoms with Crippen molar-refractivity contribution in [2.75, 3.05) is 13.1 Å². The van der Waals surface area contributed by atoms with Crippen LogP contribution in [0.4, 0.5) is 0 Å². The Labute approximate surface area is 163 Å². The van der Waals surface area contributed by atoms with Crippen molar-refractivity contribution in [1.82, 2.24) is 19.4 Å². The highest BCUT2D eigenvalue weighted by Crippen LogP contribution is 2.27. The number of piperidine rings is 1. The zero-order valence-corrected chi connectivity index (χ0v) is 16.4. The highest BCUT2D eigenvalue weighted by atomic mass is 32.1. The molecule has 1 aromatic carbocycles. The molecule has 5 nitrogen and oxygen atoms in total. The van der Waals surface area contributed by atoms with Crippen molar-refractivity contribution < 1.29 is 4.79 Å². The molecule has 0 N–H and O–H groups in total. The van der Waals surface area contributed by atoms with E-state index in [-0.39, 0.29) is 11.8 Å². The molecule has 3 heterocycles. The van der Waals surface area contributed by atoms with Gasteiger partial charge in [-0.25, -0.2) is 9.97 Å². The van der Waals surface area contributed by atoms with Gasteiger partial charge in [-0.3, -0.25) is 4.79 Å². The molecule has 1 aliphatic heterocycles. The van der Waals surface area contributed by atoms with E-state index in [2.05, 4.69) is 39.0 Å². The zero-order valence-electron chi connectivity index (χ0n) is 15.5. The predicted molar refractivity (Wildman–Crippen MR) is 107 cm³/mol. The van der Waals surface area contributed by atoms with Gasteiger partial charge < -0.3 is 9.47 Å². The molecule has 1 amide bonds. The van der Waals surface area contributed by atoms with E-state index in [0.29, 0.717) is 6.42 Å². The summed E-state index contributed by atoms with van der Waals surface area (Å²) in [4.78, 5) is 23.9. The summed E-state index contributed by atoms with van der Waals surface area (Å²) in [6.07, 6.45) is 6.45. The van der Waals surface area contributed by atoms with Crippen LogP contribution < -0.4 is 0 Å². The minimum atomic E-state index is 0.214. The van der Waals surface area contributed by atoms with Crippen LogP contribution in [0, 0.1) is 6.92 Å². The van der Waals surface area contributed by atoms with Gasteiger partial charge in [-0.05, 0) is 30.9 Å². The number of benzene rings is 1. The summed E-state index contributed by atoms with van der Waals surface area (Å²) in [6.45, 7) is 4.40. The Balaban J connectivity index is 1.45. The summed E-state index contributed by atoms with van der Waals surface area (Å²) in [5.41, 5.74) is 5.22. The van der Waals surface area contributed by atoms with Gasteiger partial charge in [-0.2, -0.15) is 0 Å². The summed E-state index contributed by atoms with van der Waals surface area (Å²) in [5.74, 6) is 1.57. The fraction of sp³-hybridized carbons (Fsp3) is 0.381. The molecular formula is C21H24N4OS. The molecule has 6 heteroatoms. The minimum Gasteiger partial charge on any atom is -0.342 e. The molecule has 140 valence electrons. The van der Waals surface area contributed by atoms with Gasteiger partial charge in [0.25, 0.3) is 0 Å². The number of imidazole rings is 1. The third-order valence-corrected chi connectivity index (χ3v) is 5.94. The second kappa shape index (κ2) is 8.05. The molecule has 0 bridgehead atoms. The lowest BCUT2D eigenvalue weighted by Crippen LogP contribution is -2.40. The average Bonchev–Trinajstić information content (AvgIpc) is 3.36. The van der Waals surface area contributed by atoms with E-state index in [0.717, 1.165) is 49.6 Å². The van der Waals surface area contributed by atoms with Crippen LogP contribution in [0.3, 0.4) is 0 Å². The first-order valence-corrected chi connectivity index (χ1v) is 10.4. The summed E-state index contributed by atoms with van der Waals surface area (Å²) in [6, 6.07) is 8.14. The third-order valence-electron chi connectivity index (χ3n) is 5.31. The van der Waals surface area contributed by atoms with Gasteiger partial charge in [-0.1, -0.05) is 24.3 Å². The fourth-order valence-corrected chi connectivity index (χ4v) is 4.35. The van der Waals surface area contributed by atoms with E-state index in [1.54, 1.807) is 11.3 Å². The number of carbonyl (C=O) groups excluding carboxylic acids is 1. The first kappa shape index (κ1) is 17.9. The minimum absolute atomic E-state index is 0.214. The van der Waals surface area contributed by atoms with Crippen LogP contribution in [-0.4, -0.2) is 38.4 Å². The van der Waals surface area contributed by atoms with Crippen LogP contribution >= 0.6 is 11.3 Å². The predicted octanol–water partition coefficient (Wildman–Crippen LogP) is 3.65. The van der Waals surface area contributed by atoms with Crippen LogP contribution in [0.2, 0.25) is 0 Å². The lowest BCUT2D eigenvalue weighted by molar-refractivity contribution is -0.131. The maximum absolute atomic E-state index is 12.9. The number of aryl methyl sites for hydroxylation is 1. The molecule has 4 rings (SSSR count). The average molecular weight is 381 g/mol. The van der Waals surface area contributed by atoms with Crippen LogP contribution in [-0.2, 0) is 17.8 Å². The highest BCUT2D eigenvalue weighted by molar-refractivity contribution is 7.07. The Hall–Kier alpha value is -2.47. The molecule has 1 aliphatic rings. The monoisotopic (exact) mass is 380 g/mol. The summed E-state index contributed by atoms with van der Waals surface area (Å²) in [7, 11) is 0. The number of likely N-dealkylation sites (tertiary alicyclic amines) is 1. The largest absolute Gasteiger partial charge is 0.342 e. The second-order valence-corrected chi connectivity index (χ2v) is 7.89. The Kier molecular flexibility index (Phi) is 5.34. The van der Waals surface area contributed by atoms with Crippen molar-refractivity contribution in [2.45, 2.75) is 38.6 Å². The maximum Gasteiger partial charge on any atom is 0.227 e. The van der Waals surface area contributed by atoms with E-state index in [1.807, 2.05) is 34.9 Å². The molecule has 0 radical (unpaired) electrons. The number of hydrogen-bond donors (Lipinski definition) is 0.